The third-order valence-electron chi connectivity index (χ3n) is 6.61. The van der Waals surface area contributed by atoms with Crippen molar-refractivity contribution < 1.29 is 18.3 Å². The molecule has 1 aliphatic heterocycles. The Hall–Kier alpha value is -3.30. The van der Waals surface area contributed by atoms with Crippen LogP contribution in [0.4, 0.5) is 13.6 Å². The Labute approximate surface area is 210 Å². The van der Waals surface area contributed by atoms with Crippen molar-refractivity contribution in [2.24, 2.45) is 0 Å². The van der Waals surface area contributed by atoms with Gasteiger partial charge in [-0.25, -0.2) is 23.5 Å². The van der Waals surface area contributed by atoms with E-state index in [9.17, 15) is 13.6 Å². The van der Waals surface area contributed by atoms with E-state index in [1.807, 2.05) is 42.8 Å². The minimum Gasteiger partial charge on any atom is -0.475 e. The van der Waals surface area contributed by atoms with Crippen molar-refractivity contribution in [3.8, 4) is 17.1 Å². The van der Waals surface area contributed by atoms with Crippen LogP contribution in [0.25, 0.3) is 16.9 Å². The predicted octanol–water partition coefficient (Wildman–Crippen LogP) is 5.64. The molecule has 2 atom stereocenters. The van der Waals surface area contributed by atoms with Crippen LogP contribution in [0.5, 0.6) is 5.88 Å². The van der Waals surface area contributed by atoms with Gasteiger partial charge in [-0.05, 0) is 58.6 Å². The van der Waals surface area contributed by atoms with Gasteiger partial charge in [0.05, 0.1) is 24.0 Å². The highest BCUT2D eigenvalue weighted by Crippen LogP contribution is 2.28. The van der Waals surface area contributed by atoms with E-state index in [4.69, 9.17) is 9.72 Å². The first-order valence-electron chi connectivity index (χ1n) is 12.6. The summed E-state index contributed by atoms with van der Waals surface area (Å²) < 4.78 is 35.1. The zero-order valence-corrected chi connectivity index (χ0v) is 21.1. The highest BCUT2D eigenvalue weighted by Gasteiger charge is 2.27. The van der Waals surface area contributed by atoms with E-state index >= 15 is 0 Å². The SMILES string of the molecule is CCN1C(=O)N[C@@H](CCC(C)(F)F)CCCCCOc2nc(cn3ccnc23)-c2ccnc(c2)[C@H]1C. The van der Waals surface area contributed by atoms with Gasteiger partial charge in [0, 0.05) is 49.4 Å². The number of pyridine rings is 1. The van der Waals surface area contributed by atoms with Crippen molar-refractivity contribution in [1.82, 2.24) is 29.6 Å². The fraction of sp³-hybridized carbons (Fsp3) is 0.538. The Bertz CT molecular complexity index is 1180. The van der Waals surface area contributed by atoms with E-state index in [0.29, 0.717) is 42.5 Å². The predicted molar refractivity (Wildman–Crippen MR) is 133 cm³/mol. The molecule has 0 aromatic carbocycles. The van der Waals surface area contributed by atoms with Gasteiger partial charge in [-0.3, -0.25) is 4.98 Å². The van der Waals surface area contributed by atoms with Gasteiger partial charge in [0.2, 0.25) is 11.6 Å². The van der Waals surface area contributed by atoms with Crippen LogP contribution in [-0.2, 0) is 0 Å². The van der Waals surface area contributed by atoms with Gasteiger partial charge in [-0.15, -0.1) is 0 Å². The number of amides is 2. The molecule has 3 aromatic heterocycles. The minimum atomic E-state index is -2.77. The Balaban J connectivity index is 1.66. The van der Waals surface area contributed by atoms with Gasteiger partial charge >= 0.3 is 6.03 Å². The molecule has 194 valence electrons. The summed E-state index contributed by atoms with van der Waals surface area (Å²) in [6.45, 7) is 5.65. The summed E-state index contributed by atoms with van der Waals surface area (Å²) in [5, 5.41) is 3.02. The van der Waals surface area contributed by atoms with E-state index in [2.05, 4.69) is 15.3 Å². The van der Waals surface area contributed by atoms with Crippen LogP contribution < -0.4 is 10.1 Å². The molecule has 4 rings (SSSR count). The van der Waals surface area contributed by atoms with Crippen molar-refractivity contribution in [2.45, 2.75) is 77.3 Å². The molecule has 1 N–H and O–H groups in total. The molecule has 8 nitrogen and oxygen atoms in total. The first-order valence-corrected chi connectivity index (χ1v) is 12.6. The summed E-state index contributed by atoms with van der Waals surface area (Å²) in [7, 11) is 0. The molecule has 0 saturated carbocycles. The first kappa shape index (κ1) is 25.8. The van der Waals surface area contributed by atoms with Crippen LogP contribution >= 0.6 is 0 Å². The lowest BCUT2D eigenvalue weighted by Gasteiger charge is -2.30. The minimum absolute atomic E-state index is 0.221. The van der Waals surface area contributed by atoms with E-state index in [1.165, 1.54) is 0 Å². The number of fused-ring (bicyclic) bond motifs is 7. The normalized spacial score (nSPS) is 20.0. The van der Waals surface area contributed by atoms with E-state index in [0.717, 1.165) is 31.7 Å². The number of rotatable bonds is 4. The van der Waals surface area contributed by atoms with Crippen LogP contribution in [0.2, 0.25) is 0 Å². The molecule has 0 unspecified atom stereocenters. The summed E-state index contributed by atoms with van der Waals surface area (Å²) in [5.41, 5.74) is 2.91. The molecule has 1 aliphatic rings. The van der Waals surface area contributed by atoms with Gasteiger partial charge in [0.15, 0.2) is 0 Å². The average molecular weight is 501 g/mol. The number of halogens is 2. The highest BCUT2D eigenvalue weighted by atomic mass is 19.3. The van der Waals surface area contributed by atoms with E-state index in [-0.39, 0.29) is 31.0 Å². The largest absolute Gasteiger partial charge is 0.475 e. The summed E-state index contributed by atoms with van der Waals surface area (Å²) in [4.78, 5) is 28.6. The number of urea groups is 1. The van der Waals surface area contributed by atoms with Crippen LogP contribution in [0.3, 0.4) is 0 Å². The van der Waals surface area contributed by atoms with Gasteiger partial charge in [0.25, 0.3) is 5.88 Å². The first-order chi connectivity index (χ1) is 17.2. The maximum atomic E-state index is 13.6. The monoisotopic (exact) mass is 500 g/mol. The smallest absolute Gasteiger partial charge is 0.318 e. The molecule has 0 radical (unpaired) electrons. The molecular weight excluding hydrogens is 466 g/mol. The Morgan fingerprint density at radius 2 is 2.06 bits per heavy atom. The number of hydrogen-bond acceptors (Lipinski definition) is 5. The Kier molecular flexibility index (Phi) is 8.01. The number of ether oxygens (including phenoxy) is 1. The number of imidazole rings is 1. The summed E-state index contributed by atoms with van der Waals surface area (Å²) >= 11 is 0. The third kappa shape index (κ3) is 6.27. The molecule has 4 heterocycles. The number of carbonyl (C=O) groups is 1. The number of nitrogens with one attached hydrogen (secondary N) is 1. The Morgan fingerprint density at radius 1 is 1.22 bits per heavy atom. The maximum absolute atomic E-state index is 13.6. The average Bonchev–Trinajstić information content (AvgIpc) is 3.33. The number of hydrogen-bond donors (Lipinski definition) is 1. The summed E-state index contributed by atoms with van der Waals surface area (Å²) in [5.74, 6) is -2.31. The van der Waals surface area contributed by atoms with Crippen molar-refractivity contribution in [3.05, 3.63) is 42.6 Å². The van der Waals surface area contributed by atoms with Crippen LogP contribution in [0.1, 0.15) is 71.0 Å². The second kappa shape index (κ2) is 11.2. The molecule has 10 heteroatoms. The molecule has 0 fully saturated rings. The van der Waals surface area contributed by atoms with Gasteiger partial charge in [-0.2, -0.15) is 0 Å². The third-order valence-corrected chi connectivity index (χ3v) is 6.61. The molecule has 0 saturated heterocycles. The molecule has 0 aliphatic carbocycles. The fourth-order valence-corrected chi connectivity index (χ4v) is 4.54. The van der Waals surface area contributed by atoms with Crippen molar-refractivity contribution in [3.63, 3.8) is 0 Å². The van der Waals surface area contributed by atoms with Gasteiger partial charge < -0.3 is 19.4 Å². The maximum Gasteiger partial charge on any atom is 0.318 e. The summed E-state index contributed by atoms with van der Waals surface area (Å²) in [6.07, 6.45) is 10.1. The van der Waals surface area contributed by atoms with Crippen LogP contribution in [0, 0.1) is 0 Å². The Morgan fingerprint density at radius 3 is 2.83 bits per heavy atom. The van der Waals surface area contributed by atoms with E-state index < -0.39 is 5.92 Å². The van der Waals surface area contributed by atoms with Crippen molar-refractivity contribution in [1.29, 1.82) is 0 Å². The molecule has 0 spiro atoms. The van der Waals surface area contributed by atoms with Crippen molar-refractivity contribution >= 4 is 11.7 Å². The standard InChI is InChI=1S/C26H34F2N6O2/c1-4-34-18(2)21-16-19(10-12-29-21)22-17-33-14-13-30-23(33)24(32-22)36-15-7-5-6-8-20(31-25(34)35)9-11-26(3,27)28/h10,12-14,16-18,20H,4-9,11,15H2,1-3H3,(H,31,35)/t18-,20-/m1/s1. The lowest BCUT2D eigenvalue weighted by atomic mass is 10.0. The van der Waals surface area contributed by atoms with Crippen LogP contribution in [0.15, 0.2) is 36.9 Å². The topological polar surface area (TPSA) is 84.7 Å². The van der Waals surface area contributed by atoms with Gasteiger partial charge in [0.1, 0.15) is 0 Å². The number of carbonyl (C=O) groups excluding carboxylic acids is 1. The fourth-order valence-electron chi connectivity index (χ4n) is 4.54. The zero-order valence-electron chi connectivity index (χ0n) is 21.1. The highest BCUT2D eigenvalue weighted by molar-refractivity contribution is 5.75. The lowest BCUT2D eigenvalue weighted by molar-refractivity contribution is 0.00804. The number of aromatic nitrogens is 4. The lowest BCUT2D eigenvalue weighted by Crippen LogP contribution is -2.46. The second-order valence-corrected chi connectivity index (χ2v) is 9.47. The van der Waals surface area contributed by atoms with Crippen LogP contribution in [-0.4, -0.2) is 55.4 Å². The second-order valence-electron chi connectivity index (χ2n) is 9.47. The molecule has 2 amide bonds. The molecule has 36 heavy (non-hydrogen) atoms. The van der Waals surface area contributed by atoms with Crippen molar-refractivity contribution in [2.75, 3.05) is 13.2 Å². The van der Waals surface area contributed by atoms with E-state index in [1.54, 1.807) is 17.3 Å². The molecule has 3 aromatic rings. The number of alkyl halides is 2. The van der Waals surface area contributed by atoms with Gasteiger partial charge in [-0.1, -0.05) is 6.42 Å². The quantitative estimate of drug-likeness (QED) is 0.501. The zero-order chi connectivity index (χ0) is 25.7. The molecule has 4 bridgehead atoms. The molecular formula is C26H34F2N6O2. The summed E-state index contributed by atoms with van der Waals surface area (Å²) in [6, 6.07) is 2.86. The number of nitrogens with zero attached hydrogens (tertiary/aromatic N) is 5.